The molecule has 0 bridgehead atoms. The van der Waals surface area contributed by atoms with E-state index in [-0.39, 0.29) is 22.8 Å². The third-order valence-corrected chi connectivity index (χ3v) is 7.31. The van der Waals surface area contributed by atoms with E-state index in [4.69, 9.17) is 4.28 Å². The van der Waals surface area contributed by atoms with Gasteiger partial charge in [0.2, 0.25) is 0 Å². The Hall–Kier alpha value is -2.58. The largest absolute Gasteiger partial charge is 0.299 e. The van der Waals surface area contributed by atoms with Crippen molar-refractivity contribution < 1.29 is 27.1 Å². The smallest absolute Gasteiger partial charge is 0.289 e. The van der Waals surface area contributed by atoms with E-state index in [0.29, 0.717) is 28.7 Å². The number of Topliss-reactive ketones (excluding diaryl/α,β-unsaturated/α-hetero) is 1. The van der Waals surface area contributed by atoms with Crippen molar-refractivity contribution in [3.05, 3.63) is 47.5 Å². The van der Waals surface area contributed by atoms with Crippen molar-refractivity contribution in [1.82, 2.24) is 5.06 Å². The number of carbonyl (C=O) groups excluding carboxylic acids is 3. The average molecular weight is 385 g/mol. The van der Waals surface area contributed by atoms with E-state index in [9.17, 15) is 22.8 Å². The van der Waals surface area contributed by atoms with Gasteiger partial charge in [0.05, 0.1) is 16.9 Å². The maximum atomic E-state index is 12.7. The van der Waals surface area contributed by atoms with Crippen LogP contribution in [-0.2, 0) is 19.2 Å². The third kappa shape index (κ3) is 2.17. The Morgan fingerprint density at radius 1 is 1.04 bits per heavy atom. The lowest BCUT2D eigenvalue weighted by Crippen LogP contribution is -2.61. The molecule has 0 spiro atoms. The van der Waals surface area contributed by atoms with Crippen molar-refractivity contribution in [2.45, 2.75) is 19.3 Å². The first kappa shape index (κ1) is 16.6. The van der Waals surface area contributed by atoms with Gasteiger partial charge in [-0.3, -0.25) is 14.4 Å². The number of benzene rings is 2. The van der Waals surface area contributed by atoms with Crippen LogP contribution in [0.25, 0.3) is 10.8 Å². The second-order valence-electron chi connectivity index (χ2n) is 7.41. The van der Waals surface area contributed by atoms with Gasteiger partial charge in [-0.2, -0.15) is 8.42 Å². The Morgan fingerprint density at radius 3 is 2.15 bits per heavy atom. The summed E-state index contributed by atoms with van der Waals surface area (Å²) < 4.78 is 30.1. The maximum Gasteiger partial charge on any atom is 0.289 e. The summed E-state index contributed by atoms with van der Waals surface area (Å²) >= 11 is 0. The monoisotopic (exact) mass is 385 g/mol. The molecule has 0 N–H and O–H groups in total. The minimum atomic E-state index is -4.29. The summed E-state index contributed by atoms with van der Waals surface area (Å²) in [5, 5.41) is 1.50. The van der Waals surface area contributed by atoms with Gasteiger partial charge in [-0.05, 0) is 36.3 Å². The highest BCUT2D eigenvalue weighted by atomic mass is 32.2. The molecule has 2 atom stereocenters. The molecule has 8 heteroatoms. The molecule has 2 saturated carbocycles. The van der Waals surface area contributed by atoms with E-state index in [1.807, 2.05) is 0 Å². The first-order chi connectivity index (χ1) is 12.8. The lowest BCUT2D eigenvalue weighted by atomic mass is 9.48. The molecule has 2 aromatic carbocycles. The van der Waals surface area contributed by atoms with Crippen molar-refractivity contribution in [2.75, 3.05) is 5.75 Å². The van der Waals surface area contributed by atoms with Crippen molar-refractivity contribution in [3.8, 4) is 0 Å². The minimum Gasteiger partial charge on any atom is -0.299 e. The molecule has 5 rings (SSSR count). The number of hydrogen-bond donors (Lipinski definition) is 0. The Kier molecular flexibility index (Phi) is 3.22. The van der Waals surface area contributed by atoms with Crippen LogP contribution in [0.4, 0.5) is 0 Å². The van der Waals surface area contributed by atoms with E-state index in [0.717, 1.165) is 6.42 Å². The van der Waals surface area contributed by atoms with E-state index in [2.05, 4.69) is 0 Å². The van der Waals surface area contributed by atoms with Gasteiger partial charge in [0, 0.05) is 17.2 Å². The molecule has 2 fully saturated rings. The van der Waals surface area contributed by atoms with E-state index in [1.54, 1.807) is 24.3 Å². The fraction of sp³-hybridized carbons (Fsp3) is 0.316. The van der Waals surface area contributed by atoms with Crippen LogP contribution in [0, 0.1) is 11.3 Å². The van der Waals surface area contributed by atoms with Gasteiger partial charge in [-0.25, -0.2) is 0 Å². The lowest BCUT2D eigenvalue weighted by molar-refractivity contribution is -0.157. The topological polar surface area (TPSA) is 97.8 Å². The van der Waals surface area contributed by atoms with Crippen LogP contribution in [0.5, 0.6) is 0 Å². The standard InChI is InChI=1S/C19H15NO6S/c21-15-9-12-7-8-19(12,15)10-27(24,25)26-20-17(22)13-5-1-3-11-4-2-6-14(16(11)13)18(20)23/h1-6,12H,7-10H2/t12?,19-/m0/s1. The molecule has 2 aromatic rings. The van der Waals surface area contributed by atoms with Gasteiger partial charge in [-0.1, -0.05) is 24.3 Å². The molecule has 0 aromatic heterocycles. The molecular formula is C19H15NO6S. The molecule has 0 radical (unpaired) electrons. The molecule has 27 heavy (non-hydrogen) atoms. The zero-order valence-corrected chi connectivity index (χ0v) is 15.0. The Balaban J connectivity index is 1.49. The van der Waals surface area contributed by atoms with Crippen LogP contribution in [0.15, 0.2) is 36.4 Å². The quantitative estimate of drug-likeness (QED) is 0.748. The molecular weight excluding hydrogens is 370 g/mol. The molecule has 7 nitrogen and oxygen atoms in total. The summed E-state index contributed by atoms with van der Waals surface area (Å²) in [4.78, 5) is 37.4. The summed E-state index contributed by atoms with van der Waals surface area (Å²) in [7, 11) is -4.29. The fourth-order valence-corrected chi connectivity index (χ4v) is 6.05. The van der Waals surface area contributed by atoms with Gasteiger partial charge in [-0.15, -0.1) is 9.35 Å². The predicted octanol–water partition coefficient (Wildman–Crippen LogP) is 2.07. The Labute approximate surface area is 155 Å². The lowest BCUT2D eigenvalue weighted by Gasteiger charge is -2.56. The number of rotatable bonds is 4. The molecule has 2 aliphatic carbocycles. The van der Waals surface area contributed by atoms with Crippen LogP contribution in [0.1, 0.15) is 40.0 Å². The van der Waals surface area contributed by atoms with Crippen LogP contribution >= 0.6 is 0 Å². The van der Waals surface area contributed by atoms with Gasteiger partial charge in [0.25, 0.3) is 21.9 Å². The highest BCUT2D eigenvalue weighted by Gasteiger charge is 2.62. The van der Waals surface area contributed by atoms with Gasteiger partial charge in [0.15, 0.2) is 0 Å². The Bertz CT molecular complexity index is 1100. The highest BCUT2D eigenvalue weighted by Crippen LogP contribution is 2.59. The van der Waals surface area contributed by atoms with E-state index >= 15 is 0 Å². The van der Waals surface area contributed by atoms with Crippen LogP contribution in [0.2, 0.25) is 0 Å². The maximum absolute atomic E-state index is 12.7. The second-order valence-corrected chi connectivity index (χ2v) is 8.96. The summed E-state index contributed by atoms with van der Waals surface area (Å²) in [5.74, 6) is -2.17. The predicted molar refractivity (Wildman–Crippen MR) is 94.1 cm³/mol. The van der Waals surface area contributed by atoms with E-state index in [1.165, 1.54) is 12.1 Å². The van der Waals surface area contributed by atoms with Gasteiger partial charge < -0.3 is 0 Å². The summed E-state index contributed by atoms with van der Waals surface area (Å²) in [6.07, 6.45) is 1.72. The average Bonchev–Trinajstić information content (AvgIpc) is 2.65. The summed E-state index contributed by atoms with van der Waals surface area (Å²) in [6.45, 7) is 0. The van der Waals surface area contributed by atoms with Crippen molar-refractivity contribution in [2.24, 2.45) is 11.3 Å². The fourth-order valence-electron chi connectivity index (χ4n) is 4.46. The number of ketones is 1. The third-order valence-electron chi connectivity index (χ3n) is 6.06. The van der Waals surface area contributed by atoms with Gasteiger partial charge >= 0.3 is 0 Å². The molecule has 0 saturated heterocycles. The normalized spacial score (nSPS) is 26.6. The number of carbonyl (C=O) groups is 3. The van der Waals surface area contributed by atoms with Crippen LogP contribution < -0.4 is 0 Å². The second kappa shape index (κ2) is 5.24. The SMILES string of the molecule is O=C1c2cccc3cccc(c23)C(=O)N1OS(=O)(=O)C[C@@]12CCC1CC2=O. The highest BCUT2D eigenvalue weighted by molar-refractivity contribution is 7.86. The summed E-state index contributed by atoms with van der Waals surface area (Å²) in [6, 6.07) is 9.92. The number of hydrogen-bond acceptors (Lipinski definition) is 6. The summed E-state index contributed by atoms with van der Waals surface area (Å²) in [5.41, 5.74) is -0.479. The number of fused-ring (bicyclic) bond motifs is 1. The van der Waals surface area contributed by atoms with Crippen LogP contribution in [0.3, 0.4) is 0 Å². The van der Waals surface area contributed by atoms with Crippen molar-refractivity contribution in [1.29, 1.82) is 0 Å². The molecule has 1 heterocycles. The Morgan fingerprint density at radius 2 is 1.67 bits per heavy atom. The zero-order valence-electron chi connectivity index (χ0n) is 14.2. The number of nitrogens with zero attached hydrogens (tertiary/aromatic N) is 1. The van der Waals surface area contributed by atoms with Crippen LogP contribution in [-0.4, -0.2) is 36.8 Å². The van der Waals surface area contributed by atoms with Crippen molar-refractivity contribution in [3.63, 3.8) is 0 Å². The first-order valence-corrected chi connectivity index (χ1v) is 10.3. The van der Waals surface area contributed by atoms with Crippen molar-refractivity contribution >= 4 is 38.5 Å². The molecule has 1 unspecified atom stereocenters. The minimum absolute atomic E-state index is 0.0607. The van der Waals surface area contributed by atoms with E-state index < -0.39 is 33.1 Å². The number of imide groups is 1. The number of amides is 2. The molecule has 3 aliphatic rings. The molecule has 138 valence electrons. The zero-order chi connectivity index (χ0) is 19.0. The van der Waals surface area contributed by atoms with Gasteiger partial charge in [0.1, 0.15) is 5.78 Å². The first-order valence-electron chi connectivity index (χ1n) is 8.68. The molecule has 1 aliphatic heterocycles. The number of hydroxylamine groups is 2. The molecule has 2 amide bonds.